The van der Waals surface area contributed by atoms with E-state index in [9.17, 15) is 13.2 Å². The number of nitrogens with one attached hydrogen (secondary N) is 1. The molecule has 6 nitrogen and oxygen atoms in total. The third-order valence-corrected chi connectivity index (χ3v) is 3.97. The molecule has 0 aliphatic carbocycles. The lowest BCUT2D eigenvalue weighted by molar-refractivity contribution is 0.0422. The van der Waals surface area contributed by atoms with Crippen molar-refractivity contribution in [3.63, 3.8) is 0 Å². The molecule has 0 saturated carbocycles. The summed E-state index contributed by atoms with van der Waals surface area (Å²) in [6, 6.07) is 1.15. The Balaban J connectivity index is 1.94. The van der Waals surface area contributed by atoms with Gasteiger partial charge in [-0.1, -0.05) is 0 Å². The lowest BCUT2D eigenvalue weighted by Gasteiger charge is -2.07. The van der Waals surface area contributed by atoms with E-state index in [1.54, 1.807) is 0 Å². The molecule has 2 heterocycles. The topological polar surface area (TPSA) is 85.5 Å². The minimum atomic E-state index is -3.83. The molecule has 2 rings (SSSR count). The molecule has 1 saturated heterocycles. The molecule has 1 aromatic heterocycles. The summed E-state index contributed by atoms with van der Waals surface area (Å²) >= 11 is 0. The Kier molecular flexibility index (Phi) is 3.94. The zero-order valence-electron chi connectivity index (χ0n) is 9.39. The Morgan fingerprint density at radius 1 is 1.61 bits per heavy atom. The van der Waals surface area contributed by atoms with Crippen molar-refractivity contribution < 1.29 is 22.7 Å². The summed E-state index contributed by atoms with van der Waals surface area (Å²) < 4.78 is 32.2. The van der Waals surface area contributed by atoms with Gasteiger partial charge in [-0.3, -0.25) is 0 Å². The van der Waals surface area contributed by atoms with Crippen LogP contribution in [0.4, 0.5) is 0 Å². The van der Waals surface area contributed by atoms with Crippen LogP contribution in [0.3, 0.4) is 0 Å². The monoisotopic (exact) mass is 293 g/mol. The average molecular weight is 294 g/mol. The number of carbonyl (C=O) groups is 1. The number of rotatable bonds is 4. The highest BCUT2D eigenvalue weighted by atomic mass is 35.7. The van der Waals surface area contributed by atoms with Crippen LogP contribution in [0.2, 0.25) is 0 Å². The van der Waals surface area contributed by atoms with Crippen LogP contribution in [0.25, 0.3) is 0 Å². The summed E-state index contributed by atoms with van der Waals surface area (Å²) in [6.45, 7) is 1.53. The van der Waals surface area contributed by atoms with Gasteiger partial charge in [0, 0.05) is 29.4 Å². The fourth-order valence-corrected chi connectivity index (χ4v) is 2.34. The standard InChI is InChI=1S/C10H12ClNO5S/c11-18(14,15)8-3-9(12-4-8)10(13)17-6-7-1-2-16-5-7/h3-4,7,12H,1-2,5-6H2. The Hall–Kier alpha value is -1.05. The zero-order valence-corrected chi connectivity index (χ0v) is 11.0. The molecule has 0 aromatic carbocycles. The predicted molar refractivity (Wildman–Crippen MR) is 63.0 cm³/mol. The third-order valence-electron chi connectivity index (χ3n) is 2.63. The fourth-order valence-electron chi connectivity index (χ4n) is 1.62. The maximum atomic E-state index is 11.6. The summed E-state index contributed by atoms with van der Waals surface area (Å²) in [6.07, 6.45) is 2.01. The molecular weight excluding hydrogens is 282 g/mol. The quantitative estimate of drug-likeness (QED) is 0.664. The molecule has 1 aliphatic rings. The molecule has 18 heavy (non-hydrogen) atoms. The molecule has 1 aromatic rings. The molecule has 1 atom stereocenters. The van der Waals surface area contributed by atoms with E-state index >= 15 is 0 Å². The largest absolute Gasteiger partial charge is 0.461 e. The van der Waals surface area contributed by atoms with E-state index in [-0.39, 0.29) is 23.1 Å². The van der Waals surface area contributed by atoms with Crippen molar-refractivity contribution in [2.75, 3.05) is 19.8 Å². The molecule has 1 unspecified atom stereocenters. The summed E-state index contributed by atoms with van der Waals surface area (Å²) in [4.78, 5) is 14.0. The first kappa shape index (κ1) is 13.4. The van der Waals surface area contributed by atoms with E-state index in [0.29, 0.717) is 13.2 Å². The van der Waals surface area contributed by atoms with Crippen molar-refractivity contribution in [2.45, 2.75) is 11.3 Å². The Bertz CT molecular complexity index is 532. The number of aromatic nitrogens is 1. The third kappa shape index (κ3) is 3.24. The minimum absolute atomic E-state index is 0.0631. The van der Waals surface area contributed by atoms with Crippen molar-refractivity contribution in [3.05, 3.63) is 18.0 Å². The van der Waals surface area contributed by atoms with Gasteiger partial charge in [0.1, 0.15) is 10.6 Å². The van der Waals surface area contributed by atoms with Gasteiger partial charge in [-0.2, -0.15) is 0 Å². The maximum Gasteiger partial charge on any atom is 0.354 e. The first-order valence-corrected chi connectivity index (χ1v) is 7.65. The first-order valence-electron chi connectivity index (χ1n) is 5.35. The van der Waals surface area contributed by atoms with Crippen molar-refractivity contribution >= 4 is 25.7 Å². The maximum absolute atomic E-state index is 11.6. The van der Waals surface area contributed by atoms with Gasteiger partial charge >= 0.3 is 5.97 Å². The van der Waals surface area contributed by atoms with Crippen LogP contribution in [-0.4, -0.2) is 39.2 Å². The van der Waals surface area contributed by atoms with Gasteiger partial charge in [0.25, 0.3) is 9.05 Å². The van der Waals surface area contributed by atoms with Crippen LogP contribution in [0, 0.1) is 5.92 Å². The highest BCUT2D eigenvalue weighted by molar-refractivity contribution is 8.13. The van der Waals surface area contributed by atoms with E-state index in [2.05, 4.69) is 4.98 Å². The molecule has 0 bridgehead atoms. The van der Waals surface area contributed by atoms with Crippen LogP contribution >= 0.6 is 10.7 Å². The molecule has 8 heteroatoms. The van der Waals surface area contributed by atoms with Gasteiger partial charge in [-0.05, 0) is 12.5 Å². The molecule has 100 valence electrons. The van der Waals surface area contributed by atoms with Crippen LogP contribution in [0.15, 0.2) is 17.2 Å². The minimum Gasteiger partial charge on any atom is -0.461 e. The molecular formula is C10H12ClNO5S. The number of esters is 1. The lowest BCUT2D eigenvalue weighted by Crippen LogP contribution is -2.14. The summed E-state index contributed by atoms with van der Waals surface area (Å²) in [5.74, 6) is -0.395. The Labute approximate surface area is 109 Å². The van der Waals surface area contributed by atoms with Gasteiger partial charge in [0.15, 0.2) is 0 Å². The van der Waals surface area contributed by atoms with Crippen LogP contribution < -0.4 is 0 Å². The highest BCUT2D eigenvalue weighted by Gasteiger charge is 2.20. The molecule has 1 fully saturated rings. The van der Waals surface area contributed by atoms with Crippen LogP contribution in [0.5, 0.6) is 0 Å². The van der Waals surface area contributed by atoms with Gasteiger partial charge in [0.2, 0.25) is 0 Å². The predicted octanol–water partition coefficient (Wildman–Crippen LogP) is 1.14. The smallest absolute Gasteiger partial charge is 0.354 e. The van der Waals surface area contributed by atoms with Gasteiger partial charge < -0.3 is 14.5 Å². The molecule has 0 amide bonds. The van der Waals surface area contributed by atoms with Crippen molar-refractivity contribution in [1.29, 1.82) is 0 Å². The summed E-state index contributed by atoms with van der Waals surface area (Å²) in [5, 5.41) is 0. The second-order valence-electron chi connectivity index (χ2n) is 4.01. The molecule has 0 radical (unpaired) electrons. The van der Waals surface area contributed by atoms with Crippen LogP contribution in [-0.2, 0) is 18.5 Å². The van der Waals surface area contributed by atoms with E-state index in [0.717, 1.165) is 18.7 Å². The summed E-state index contributed by atoms with van der Waals surface area (Å²) in [5.41, 5.74) is 0.0631. The zero-order chi connectivity index (χ0) is 13.2. The van der Waals surface area contributed by atoms with E-state index in [1.165, 1.54) is 0 Å². The number of H-pyrrole nitrogens is 1. The second-order valence-corrected chi connectivity index (χ2v) is 6.58. The number of carbonyl (C=O) groups excluding carboxylic acids is 1. The number of hydrogen-bond donors (Lipinski definition) is 1. The van der Waals surface area contributed by atoms with Gasteiger partial charge in [-0.25, -0.2) is 13.2 Å². The number of ether oxygens (including phenoxy) is 2. The van der Waals surface area contributed by atoms with Crippen molar-refractivity contribution in [3.8, 4) is 0 Å². The van der Waals surface area contributed by atoms with Crippen molar-refractivity contribution in [1.82, 2.24) is 4.98 Å². The van der Waals surface area contributed by atoms with Crippen LogP contribution in [0.1, 0.15) is 16.9 Å². The van der Waals surface area contributed by atoms with E-state index in [4.69, 9.17) is 20.2 Å². The van der Waals surface area contributed by atoms with E-state index < -0.39 is 15.0 Å². The fraction of sp³-hybridized carbons (Fsp3) is 0.500. The molecule has 1 aliphatic heterocycles. The summed E-state index contributed by atoms with van der Waals surface area (Å²) in [7, 11) is 1.31. The molecule has 1 N–H and O–H groups in total. The van der Waals surface area contributed by atoms with Gasteiger partial charge in [0.05, 0.1) is 13.2 Å². The number of aromatic amines is 1. The number of hydrogen-bond acceptors (Lipinski definition) is 5. The highest BCUT2D eigenvalue weighted by Crippen LogP contribution is 2.17. The number of halogens is 1. The lowest BCUT2D eigenvalue weighted by atomic mass is 10.1. The first-order chi connectivity index (χ1) is 8.47. The normalized spacial score (nSPS) is 19.9. The molecule has 0 spiro atoms. The Morgan fingerprint density at radius 2 is 2.39 bits per heavy atom. The second kappa shape index (κ2) is 5.29. The van der Waals surface area contributed by atoms with Crippen molar-refractivity contribution in [2.24, 2.45) is 5.92 Å². The SMILES string of the molecule is O=C(OCC1CCOC1)c1cc(S(=O)(=O)Cl)c[nH]1. The average Bonchev–Trinajstić information content (AvgIpc) is 2.96. The van der Waals surface area contributed by atoms with Gasteiger partial charge in [-0.15, -0.1) is 0 Å². The Morgan fingerprint density at radius 3 is 2.94 bits per heavy atom. The van der Waals surface area contributed by atoms with E-state index in [1.807, 2.05) is 0 Å².